The molecule has 0 saturated carbocycles. The Balaban J connectivity index is 1.26. The lowest BCUT2D eigenvalue weighted by Crippen LogP contribution is -2.64. The van der Waals surface area contributed by atoms with Gasteiger partial charge in [0, 0.05) is 71.8 Å². The Morgan fingerprint density at radius 2 is 1.93 bits per heavy atom. The molecule has 0 aliphatic carbocycles. The summed E-state index contributed by atoms with van der Waals surface area (Å²) in [6, 6.07) is 8.05. The van der Waals surface area contributed by atoms with Crippen molar-refractivity contribution in [3.05, 3.63) is 52.2 Å². The van der Waals surface area contributed by atoms with Crippen molar-refractivity contribution in [3.8, 4) is 17.2 Å². The molecule has 7 rings (SSSR count). The van der Waals surface area contributed by atoms with E-state index in [-0.39, 0.29) is 11.7 Å². The molecule has 3 aromatic rings. The van der Waals surface area contributed by atoms with Crippen LogP contribution in [0.2, 0.25) is 0 Å². The minimum atomic E-state index is -0.418. The number of carbonyl (C=O) groups is 1. The highest BCUT2D eigenvalue weighted by molar-refractivity contribution is 6.07. The smallest absolute Gasteiger partial charge is 0.341 e. The standard InChI is InChI=1S/C32H39N3O5/c1-19-28(31(36)39-27-18-34(2)17-23-21(27)9-11-26(37-3)30(23)38-4)29-22-16-20-8-7-15-35-14-6-5-13-32(20,35)40-25(22)12-10-24(29)33-19/h9-12,20,27,33H,5-8,13-18H2,1-4H3. The predicted octanol–water partition coefficient (Wildman–Crippen LogP) is 5.36. The Kier molecular flexibility index (Phi) is 6.24. The summed E-state index contributed by atoms with van der Waals surface area (Å²) in [6.45, 7) is 5.50. The summed E-state index contributed by atoms with van der Waals surface area (Å²) in [7, 11) is 5.32. The third kappa shape index (κ3) is 3.83. The molecule has 0 amide bonds. The van der Waals surface area contributed by atoms with E-state index in [4.69, 9.17) is 18.9 Å². The topological polar surface area (TPSA) is 76.3 Å². The van der Waals surface area contributed by atoms with E-state index in [1.807, 2.05) is 26.1 Å². The molecule has 2 fully saturated rings. The van der Waals surface area contributed by atoms with Crippen molar-refractivity contribution in [1.29, 1.82) is 0 Å². The van der Waals surface area contributed by atoms with E-state index < -0.39 is 6.10 Å². The molecule has 8 nitrogen and oxygen atoms in total. The molecule has 5 heterocycles. The minimum absolute atomic E-state index is 0.195. The fraction of sp³-hybridized carbons (Fsp3) is 0.531. The van der Waals surface area contributed by atoms with Crippen molar-refractivity contribution in [3.63, 3.8) is 0 Å². The number of H-pyrrole nitrogens is 1. The number of likely N-dealkylation sites (N-methyl/N-ethyl adjacent to an activating group) is 1. The van der Waals surface area contributed by atoms with E-state index in [9.17, 15) is 4.79 Å². The third-order valence-corrected chi connectivity index (χ3v) is 9.71. The monoisotopic (exact) mass is 545 g/mol. The summed E-state index contributed by atoms with van der Waals surface area (Å²) in [5.41, 5.74) is 5.32. The molecule has 8 heteroatoms. The second-order valence-corrected chi connectivity index (χ2v) is 12.0. The Morgan fingerprint density at radius 1 is 1.07 bits per heavy atom. The molecule has 4 aliphatic heterocycles. The maximum absolute atomic E-state index is 14.0. The zero-order valence-corrected chi connectivity index (χ0v) is 24.0. The summed E-state index contributed by atoms with van der Waals surface area (Å²) in [6.07, 6.45) is 6.40. The number of ether oxygens (including phenoxy) is 4. The number of hydrogen-bond acceptors (Lipinski definition) is 7. The fourth-order valence-corrected chi connectivity index (χ4v) is 7.94. The van der Waals surface area contributed by atoms with Crippen LogP contribution in [0.3, 0.4) is 0 Å². The summed E-state index contributed by atoms with van der Waals surface area (Å²) in [5, 5.41) is 0.958. The average Bonchev–Trinajstić information content (AvgIpc) is 3.30. The van der Waals surface area contributed by atoms with Crippen LogP contribution in [0.25, 0.3) is 10.9 Å². The number of aromatic amines is 1. The van der Waals surface area contributed by atoms with Gasteiger partial charge in [-0.3, -0.25) is 9.80 Å². The number of aryl methyl sites for hydroxylation is 1. The molecule has 1 aromatic heterocycles. The summed E-state index contributed by atoms with van der Waals surface area (Å²) in [5.74, 6) is 2.42. The van der Waals surface area contributed by atoms with E-state index >= 15 is 0 Å². The van der Waals surface area contributed by atoms with E-state index in [2.05, 4.69) is 26.9 Å². The molecule has 2 saturated heterocycles. The van der Waals surface area contributed by atoms with Gasteiger partial charge in [0.15, 0.2) is 17.2 Å². The number of piperidine rings is 2. The van der Waals surface area contributed by atoms with E-state index in [1.54, 1.807) is 14.2 Å². The number of aromatic nitrogens is 1. The fourth-order valence-electron chi connectivity index (χ4n) is 7.94. The third-order valence-electron chi connectivity index (χ3n) is 9.71. The molecule has 0 bridgehead atoms. The second-order valence-electron chi connectivity index (χ2n) is 12.0. The van der Waals surface area contributed by atoms with Gasteiger partial charge in [-0.1, -0.05) is 6.07 Å². The zero-order chi connectivity index (χ0) is 27.6. The van der Waals surface area contributed by atoms with Crippen LogP contribution >= 0.6 is 0 Å². The van der Waals surface area contributed by atoms with E-state index in [1.165, 1.54) is 19.3 Å². The summed E-state index contributed by atoms with van der Waals surface area (Å²) >= 11 is 0. The van der Waals surface area contributed by atoms with Gasteiger partial charge in [-0.2, -0.15) is 0 Å². The zero-order valence-electron chi connectivity index (χ0n) is 24.0. The molecule has 0 radical (unpaired) electrons. The number of carbonyl (C=O) groups excluding carboxylic acids is 1. The first-order chi connectivity index (χ1) is 19.4. The van der Waals surface area contributed by atoms with Crippen LogP contribution in [-0.2, 0) is 17.7 Å². The van der Waals surface area contributed by atoms with Crippen LogP contribution in [0.4, 0.5) is 0 Å². The number of esters is 1. The van der Waals surface area contributed by atoms with Crippen LogP contribution in [0.15, 0.2) is 24.3 Å². The Bertz CT molecular complexity index is 1480. The lowest BCUT2D eigenvalue weighted by atomic mass is 9.74. The van der Waals surface area contributed by atoms with Gasteiger partial charge in [0.2, 0.25) is 0 Å². The highest BCUT2D eigenvalue weighted by Gasteiger charge is 2.52. The predicted molar refractivity (Wildman–Crippen MR) is 152 cm³/mol. The molecular weight excluding hydrogens is 506 g/mol. The van der Waals surface area contributed by atoms with Crippen molar-refractivity contribution >= 4 is 16.9 Å². The van der Waals surface area contributed by atoms with Gasteiger partial charge < -0.3 is 23.9 Å². The number of nitrogens with zero attached hydrogens (tertiary/aromatic N) is 2. The number of benzene rings is 2. The molecule has 212 valence electrons. The van der Waals surface area contributed by atoms with E-state index in [0.29, 0.717) is 36.1 Å². The van der Waals surface area contributed by atoms with Crippen molar-refractivity contribution in [2.75, 3.05) is 40.9 Å². The highest BCUT2D eigenvalue weighted by atomic mass is 16.5. The van der Waals surface area contributed by atoms with Gasteiger partial charge in [0.25, 0.3) is 0 Å². The SMILES string of the molecule is COc1ccc2c(c1OC)CN(C)CC2OC(=O)c1c(C)[nH]c2ccc3c(c12)CC1CCCN2CCCCC12O3. The van der Waals surface area contributed by atoms with Crippen LogP contribution in [0.1, 0.15) is 71.0 Å². The van der Waals surface area contributed by atoms with Crippen LogP contribution in [0, 0.1) is 12.8 Å². The molecular formula is C32H39N3O5. The molecule has 2 aromatic carbocycles. The summed E-state index contributed by atoms with van der Waals surface area (Å²) in [4.78, 5) is 22.2. The van der Waals surface area contributed by atoms with Gasteiger partial charge in [-0.15, -0.1) is 0 Å². The molecule has 1 spiro atoms. The number of hydrogen-bond donors (Lipinski definition) is 1. The van der Waals surface area contributed by atoms with Gasteiger partial charge in [0.05, 0.1) is 19.8 Å². The van der Waals surface area contributed by atoms with Crippen LogP contribution < -0.4 is 14.2 Å². The summed E-state index contributed by atoms with van der Waals surface area (Å²) < 4.78 is 24.5. The van der Waals surface area contributed by atoms with Gasteiger partial charge in [0.1, 0.15) is 11.9 Å². The van der Waals surface area contributed by atoms with Gasteiger partial charge in [-0.25, -0.2) is 4.79 Å². The maximum Gasteiger partial charge on any atom is 0.341 e. The minimum Gasteiger partial charge on any atom is -0.493 e. The van der Waals surface area contributed by atoms with Crippen molar-refractivity contribution in [1.82, 2.24) is 14.8 Å². The molecule has 4 aliphatic rings. The van der Waals surface area contributed by atoms with Crippen molar-refractivity contribution in [2.24, 2.45) is 5.92 Å². The number of nitrogens with one attached hydrogen (secondary N) is 1. The molecule has 3 unspecified atom stereocenters. The first-order valence-electron chi connectivity index (χ1n) is 14.6. The van der Waals surface area contributed by atoms with E-state index in [0.717, 1.165) is 71.4 Å². The maximum atomic E-state index is 14.0. The molecule has 3 atom stereocenters. The lowest BCUT2D eigenvalue weighted by Gasteiger charge is -2.56. The Hall–Kier alpha value is -3.23. The van der Waals surface area contributed by atoms with Crippen molar-refractivity contribution in [2.45, 2.75) is 63.8 Å². The quantitative estimate of drug-likeness (QED) is 0.442. The van der Waals surface area contributed by atoms with Crippen molar-refractivity contribution < 1.29 is 23.7 Å². The van der Waals surface area contributed by atoms with Gasteiger partial charge >= 0.3 is 5.97 Å². The van der Waals surface area contributed by atoms with Crippen LogP contribution in [-0.4, -0.2) is 67.4 Å². The second kappa shape index (κ2) is 9.70. The highest BCUT2D eigenvalue weighted by Crippen LogP contribution is 2.50. The number of rotatable bonds is 4. The largest absolute Gasteiger partial charge is 0.493 e. The molecule has 40 heavy (non-hydrogen) atoms. The first-order valence-corrected chi connectivity index (χ1v) is 14.6. The Morgan fingerprint density at radius 3 is 2.75 bits per heavy atom. The normalized spacial score (nSPS) is 26.2. The van der Waals surface area contributed by atoms with Gasteiger partial charge in [-0.05, 0) is 64.3 Å². The lowest BCUT2D eigenvalue weighted by molar-refractivity contribution is -0.177. The van der Waals surface area contributed by atoms with Crippen LogP contribution in [0.5, 0.6) is 17.2 Å². The molecule has 1 N–H and O–H groups in total. The number of fused-ring (bicyclic) bond motifs is 4. The average molecular weight is 546 g/mol. The first kappa shape index (κ1) is 25.7. The number of methoxy groups -OCH3 is 2. The Labute approximate surface area is 235 Å².